The molecule has 5 heteroatoms. The monoisotopic (exact) mass is 416 g/mol. The highest BCUT2D eigenvalue weighted by Crippen LogP contribution is 2.54. The average molecular weight is 417 g/mol. The van der Waals surface area contributed by atoms with Crippen molar-refractivity contribution in [2.75, 3.05) is 6.61 Å². The van der Waals surface area contributed by atoms with Gasteiger partial charge in [-0.05, 0) is 58.2 Å². The molecule has 1 fully saturated rings. The van der Waals surface area contributed by atoms with Crippen LogP contribution in [0.4, 0.5) is 0 Å². The van der Waals surface area contributed by atoms with E-state index >= 15 is 0 Å². The third kappa shape index (κ3) is 4.35. The first kappa shape index (κ1) is 22.6. The average Bonchev–Trinajstić information content (AvgIpc) is 2.66. The molecule has 0 radical (unpaired) electrons. The zero-order valence-electron chi connectivity index (χ0n) is 19.0. The number of esters is 1. The van der Waals surface area contributed by atoms with Crippen molar-refractivity contribution in [1.29, 1.82) is 0 Å². The second-order valence-corrected chi connectivity index (χ2v) is 9.93. The number of Topliss-reactive ketones (excluding diaryl/α,β-unsaturated/α-hetero) is 1. The molecule has 2 aliphatic rings. The summed E-state index contributed by atoms with van der Waals surface area (Å²) < 4.78 is 11.8. The first-order valence-electron chi connectivity index (χ1n) is 11.3. The number of phenols is 1. The number of phenolic OH excluding ortho intramolecular Hbond substituents is 1. The fourth-order valence-electron chi connectivity index (χ4n) is 4.92. The number of benzene rings is 1. The van der Waals surface area contributed by atoms with E-state index in [2.05, 4.69) is 6.92 Å². The number of aromatic hydroxyl groups is 1. The SMILES string of the molecule is CCCCCCOC(=O)C(C)(C)c1cc(O)c2c(c1)OC(C)(C)[C@@H]1CCC(=O)C[C@@H]21. The summed E-state index contributed by atoms with van der Waals surface area (Å²) in [5.74, 6) is 0.740. The molecule has 1 aromatic rings. The fourth-order valence-corrected chi connectivity index (χ4v) is 4.92. The highest BCUT2D eigenvalue weighted by Gasteiger charge is 2.48. The molecule has 1 aliphatic carbocycles. The number of hydrogen-bond acceptors (Lipinski definition) is 5. The van der Waals surface area contributed by atoms with Gasteiger partial charge in [-0.3, -0.25) is 9.59 Å². The lowest BCUT2D eigenvalue weighted by Crippen LogP contribution is -2.47. The molecular formula is C25H36O5. The van der Waals surface area contributed by atoms with E-state index in [1.165, 1.54) is 0 Å². The summed E-state index contributed by atoms with van der Waals surface area (Å²) in [6, 6.07) is 3.50. The fraction of sp³-hybridized carbons (Fsp3) is 0.680. The minimum atomic E-state index is -0.913. The molecule has 1 aromatic carbocycles. The molecule has 0 unspecified atom stereocenters. The van der Waals surface area contributed by atoms with Crippen LogP contribution in [0.2, 0.25) is 0 Å². The lowest BCUT2D eigenvalue weighted by atomic mass is 9.66. The molecule has 2 atom stereocenters. The first-order chi connectivity index (χ1) is 14.1. The van der Waals surface area contributed by atoms with Crippen LogP contribution >= 0.6 is 0 Å². The van der Waals surface area contributed by atoms with Gasteiger partial charge in [0.2, 0.25) is 0 Å². The van der Waals surface area contributed by atoms with Crippen molar-refractivity contribution < 1.29 is 24.2 Å². The van der Waals surface area contributed by atoms with Gasteiger partial charge in [0.25, 0.3) is 0 Å². The maximum absolute atomic E-state index is 12.8. The standard InChI is InChI=1S/C25H36O5/c1-6-7-8-9-12-29-23(28)24(2,3)16-13-20(27)22-18-15-17(26)10-11-19(18)25(4,5)30-21(22)14-16/h13-14,18-19,27H,6-12,15H2,1-5H3/t18-,19-/m1/s1. The van der Waals surface area contributed by atoms with E-state index in [9.17, 15) is 14.7 Å². The Hall–Kier alpha value is -2.04. The van der Waals surface area contributed by atoms with E-state index in [0.717, 1.165) is 32.1 Å². The van der Waals surface area contributed by atoms with Crippen LogP contribution in [0.5, 0.6) is 11.5 Å². The predicted octanol–water partition coefficient (Wildman–Crippen LogP) is 5.42. The van der Waals surface area contributed by atoms with Gasteiger partial charge in [0.05, 0.1) is 12.0 Å². The molecule has 5 nitrogen and oxygen atoms in total. The minimum Gasteiger partial charge on any atom is -0.508 e. The quantitative estimate of drug-likeness (QED) is 0.475. The van der Waals surface area contributed by atoms with Gasteiger partial charge in [-0.15, -0.1) is 0 Å². The summed E-state index contributed by atoms with van der Waals surface area (Å²) in [4.78, 5) is 24.9. The van der Waals surface area contributed by atoms with E-state index in [-0.39, 0.29) is 29.3 Å². The molecular weight excluding hydrogens is 380 g/mol. The summed E-state index contributed by atoms with van der Waals surface area (Å²) >= 11 is 0. The second kappa shape index (κ2) is 8.60. The van der Waals surface area contributed by atoms with Crippen molar-refractivity contribution in [2.24, 2.45) is 5.92 Å². The summed E-state index contributed by atoms with van der Waals surface area (Å²) in [7, 11) is 0. The number of ether oxygens (including phenoxy) is 2. The molecule has 1 saturated carbocycles. The highest BCUT2D eigenvalue weighted by atomic mass is 16.5. The van der Waals surface area contributed by atoms with Crippen molar-refractivity contribution in [3.63, 3.8) is 0 Å². The van der Waals surface area contributed by atoms with Crippen molar-refractivity contribution in [3.05, 3.63) is 23.3 Å². The highest BCUT2D eigenvalue weighted by molar-refractivity contribution is 5.83. The van der Waals surface area contributed by atoms with Gasteiger partial charge in [0, 0.05) is 30.2 Å². The Morgan fingerprint density at radius 1 is 1.27 bits per heavy atom. The second-order valence-electron chi connectivity index (χ2n) is 9.93. The van der Waals surface area contributed by atoms with Crippen molar-refractivity contribution in [2.45, 2.75) is 96.5 Å². The number of rotatable bonds is 7. The van der Waals surface area contributed by atoms with Crippen LogP contribution in [-0.4, -0.2) is 29.1 Å². The molecule has 1 heterocycles. The smallest absolute Gasteiger partial charge is 0.315 e. The Labute approximate surface area is 180 Å². The van der Waals surface area contributed by atoms with Gasteiger partial charge >= 0.3 is 5.97 Å². The van der Waals surface area contributed by atoms with Crippen LogP contribution in [0.25, 0.3) is 0 Å². The molecule has 1 N–H and O–H groups in total. The Balaban J connectivity index is 1.86. The van der Waals surface area contributed by atoms with Gasteiger partial charge in [-0.25, -0.2) is 0 Å². The third-order valence-electron chi connectivity index (χ3n) is 6.89. The molecule has 0 aromatic heterocycles. The van der Waals surface area contributed by atoms with Crippen molar-refractivity contribution >= 4 is 11.8 Å². The predicted molar refractivity (Wildman–Crippen MR) is 116 cm³/mol. The molecule has 0 saturated heterocycles. The van der Waals surface area contributed by atoms with E-state index in [0.29, 0.717) is 36.3 Å². The van der Waals surface area contributed by atoms with Crippen LogP contribution in [0.15, 0.2) is 12.1 Å². The number of unbranched alkanes of at least 4 members (excludes halogenated alkanes) is 3. The van der Waals surface area contributed by atoms with E-state index in [1.807, 2.05) is 33.8 Å². The molecule has 0 spiro atoms. The maximum atomic E-state index is 12.8. The Kier molecular flexibility index (Phi) is 6.49. The number of carbonyl (C=O) groups excluding carboxylic acids is 2. The van der Waals surface area contributed by atoms with Crippen LogP contribution < -0.4 is 4.74 Å². The van der Waals surface area contributed by atoms with Crippen LogP contribution in [0.1, 0.15) is 96.6 Å². The Bertz CT molecular complexity index is 808. The Morgan fingerprint density at radius 2 is 2.00 bits per heavy atom. The summed E-state index contributed by atoms with van der Waals surface area (Å²) in [5, 5.41) is 10.9. The van der Waals surface area contributed by atoms with E-state index in [1.54, 1.807) is 6.07 Å². The van der Waals surface area contributed by atoms with Crippen LogP contribution in [0.3, 0.4) is 0 Å². The summed E-state index contributed by atoms with van der Waals surface area (Å²) in [5.41, 5.74) is 0.0192. The van der Waals surface area contributed by atoms with Gasteiger partial charge in [0.15, 0.2) is 0 Å². The number of ketones is 1. The van der Waals surface area contributed by atoms with Crippen LogP contribution in [0, 0.1) is 5.92 Å². The lowest BCUT2D eigenvalue weighted by molar-refractivity contribution is -0.149. The molecule has 30 heavy (non-hydrogen) atoms. The van der Waals surface area contributed by atoms with E-state index in [4.69, 9.17) is 9.47 Å². The third-order valence-corrected chi connectivity index (χ3v) is 6.89. The molecule has 0 amide bonds. The van der Waals surface area contributed by atoms with Gasteiger partial charge in [-0.1, -0.05) is 26.2 Å². The molecule has 166 valence electrons. The van der Waals surface area contributed by atoms with Crippen molar-refractivity contribution in [1.82, 2.24) is 0 Å². The minimum absolute atomic E-state index is 0.0484. The lowest BCUT2D eigenvalue weighted by Gasteiger charge is -2.47. The van der Waals surface area contributed by atoms with Gasteiger partial charge < -0.3 is 14.6 Å². The van der Waals surface area contributed by atoms with E-state index < -0.39 is 11.0 Å². The molecule has 1 aliphatic heterocycles. The van der Waals surface area contributed by atoms with Crippen LogP contribution in [-0.2, 0) is 19.7 Å². The van der Waals surface area contributed by atoms with Gasteiger partial charge in [0.1, 0.15) is 22.9 Å². The number of hydrogen-bond donors (Lipinski definition) is 1. The number of carbonyl (C=O) groups is 2. The topological polar surface area (TPSA) is 72.8 Å². The Morgan fingerprint density at radius 3 is 2.70 bits per heavy atom. The number of fused-ring (bicyclic) bond motifs is 3. The summed E-state index contributed by atoms with van der Waals surface area (Å²) in [6.07, 6.45) is 5.95. The van der Waals surface area contributed by atoms with Crippen molar-refractivity contribution in [3.8, 4) is 11.5 Å². The largest absolute Gasteiger partial charge is 0.508 e. The normalized spacial score (nSPS) is 22.6. The molecule has 0 bridgehead atoms. The van der Waals surface area contributed by atoms with Gasteiger partial charge in [-0.2, -0.15) is 0 Å². The zero-order chi connectivity index (χ0) is 22.1. The summed E-state index contributed by atoms with van der Waals surface area (Å²) in [6.45, 7) is 10.3. The zero-order valence-corrected chi connectivity index (χ0v) is 19.0. The maximum Gasteiger partial charge on any atom is 0.315 e. The first-order valence-corrected chi connectivity index (χ1v) is 11.3. The molecule has 3 rings (SSSR count).